The number of nitrogens with zero attached hydrogens (tertiary/aromatic N) is 1. The molecule has 0 N–H and O–H groups in total. The summed E-state index contributed by atoms with van der Waals surface area (Å²) in [5.74, 6) is -1.03. The zero-order valence-corrected chi connectivity index (χ0v) is 7.84. The summed E-state index contributed by atoms with van der Waals surface area (Å²) >= 11 is 0. The molecule has 0 fully saturated rings. The molecular weight excluding hydrogens is 182 g/mol. The van der Waals surface area contributed by atoms with Crippen LogP contribution in [0.5, 0.6) is 0 Å². The minimum Gasteiger partial charge on any atom is -0.256 e. The highest BCUT2D eigenvalue weighted by Crippen LogP contribution is 2.18. The van der Waals surface area contributed by atoms with Crippen molar-refractivity contribution in [1.29, 1.82) is 0 Å². The van der Waals surface area contributed by atoms with E-state index in [1.54, 1.807) is 6.92 Å². The van der Waals surface area contributed by atoms with Crippen LogP contribution in [0.25, 0.3) is 0 Å². The lowest BCUT2D eigenvalue weighted by Gasteiger charge is -2.06. The maximum atomic E-state index is 10.8. The van der Waals surface area contributed by atoms with Crippen LogP contribution in [0.2, 0.25) is 0 Å². The summed E-state index contributed by atoms with van der Waals surface area (Å²) in [6, 6.07) is 9.28. The van der Waals surface area contributed by atoms with Crippen molar-refractivity contribution >= 4 is 5.91 Å². The summed E-state index contributed by atoms with van der Waals surface area (Å²) in [6.07, 6.45) is -0.0446. The van der Waals surface area contributed by atoms with E-state index in [9.17, 15) is 14.9 Å². The topological polar surface area (TPSA) is 60.2 Å². The Hall–Kier alpha value is -1.71. The van der Waals surface area contributed by atoms with Crippen molar-refractivity contribution < 1.29 is 9.72 Å². The molecule has 0 aliphatic carbocycles. The Labute approximate surface area is 81.7 Å². The smallest absolute Gasteiger partial charge is 0.256 e. The molecule has 0 aromatic heterocycles. The van der Waals surface area contributed by atoms with Gasteiger partial charge in [0.05, 0.1) is 6.42 Å². The number of rotatable bonds is 3. The lowest BCUT2D eigenvalue weighted by molar-refractivity contribution is -0.402. The van der Waals surface area contributed by atoms with Crippen molar-refractivity contribution in [3.63, 3.8) is 0 Å². The second-order valence-electron chi connectivity index (χ2n) is 3.17. The van der Waals surface area contributed by atoms with Crippen LogP contribution >= 0.6 is 0 Å². The zero-order chi connectivity index (χ0) is 10.6. The molecule has 0 aliphatic rings. The highest BCUT2D eigenvalue weighted by molar-refractivity contribution is 5.68. The number of hydrogen-bond acceptors (Lipinski definition) is 3. The molecule has 1 amide bonds. The van der Waals surface area contributed by atoms with E-state index in [2.05, 4.69) is 0 Å². The minimum atomic E-state index is -0.929. The Balaban J connectivity index is 2.64. The molecule has 4 nitrogen and oxygen atoms in total. The normalized spacial score (nSPS) is 12.1. The molecule has 1 unspecified atom stereocenters. The number of carbonyl (C=O) groups is 1. The van der Waals surface area contributed by atoms with E-state index >= 15 is 0 Å². The molecular formula is C10H11NO3. The van der Waals surface area contributed by atoms with Crippen molar-refractivity contribution in [2.75, 3.05) is 0 Å². The van der Waals surface area contributed by atoms with Crippen molar-refractivity contribution in [2.24, 2.45) is 0 Å². The third kappa shape index (κ3) is 2.65. The Kier molecular flexibility index (Phi) is 3.34. The van der Waals surface area contributed by atoms with Crippen LogP contribution < -0.4 is 0 Å². The Morgan fingerprint density at radius 2 is 2.00 bits per heavy atom. The molecule has 1 rings (SSSR count). The fourth-order valence-corrected chi connectivity index (χ4v) is 1.24. The van der Waals surface area contributed by atoms with Gasteiger partial charge in [-0.05, 0) is 11.5 Å². The molecule has 4 heteroatoms. The predicted octanol–water partition coefficient (Wildman–Crippen LogP) is 1.98. The van der Waals surface area contributed by atoms with Crippen LogP contribution in [0.1, 0.15) is 24.8 Å². The first-order valence-corrected chi connectivity index (χ1v) is 4.33. The van der Waals surface area contributed by atoms with Crippen molar-refractivity contribution in [3.05, 3.63) is 46.0 Å². The van der Waals surface area contributed by atoms with Gasteiger partial charge in [-0.15, -0.1) is 0 Å². The molecule has 14 heavy (non-hydrogen) atoms. The van der Waals surface area contributed by atoms with Gasteiger partial charge < -0.3 is 0 Å². The third-order valence-corrected chi connectivity index (χ3v) is 2.05. The quantitative estimate of drug-likeness (QED) is 0.544. The molecule has 0 radical (unpaired) electrons. The minimum absolute atomic E-state index is 0.0446. The van der Waals surface area contributed by atoms with Crippen LogP contribution in [-0.4, -0.2) is 10.8 Å². The lowest BCUT2D eigenvalue weighted by Crippen LogP contribution is -2.13. The van der Waals surface area contributed by atoms with Gasteiger partial charge in [-0.2, -0.15) is 0 Å². The Bertz CT molecular complexity index is 334. The van der Waals surface area contributed by atoms with Crippen LogP contribution in [0.4, 0.5) is 0 Å². The van der Waals surface area contributed by atoms with Gasteiger partial charge in [0.2, 0.25) is 0 Å². The fraction of sp³-hybridized carbons (Fsp3) is 0.300. The standard InChI is InChI=1S/C10H11NO3/c1-8(7-10(12)11(13)14)9-5-3-2-4-6-9/h2-6,8H,7H2,1H3. The van der Waals surface area contributed by atoms with E-state index in [1.165, 1.54) is 0 Å². The monoisotopic (exact) mass is 193 g/mol. The number of hydrogen-bond donors (Lipinski definition) is 0. The number of carbonyl (C=O) groups excluding carboxylic acids is 1. The van der Waals surface area contributed by atoms with E-state index in [-0.39, 0.29) is 12.3 Å². The Morgan fingerprint density at radius 1 is 1.43 bits per heavy atom. The average Bonchev–Trinajstić information content (AvgIpc) is 2.19. The van der Waals surface area contributed by atoms with Crippen molar-refractivity contribution in [1.82, 2.24) is 0 Å². The fourth-order valence-electron chi connectivity index (χ4n) is 1.24. The molecule has 0 saturated heterocycles. The van der Waals surface area contributed by atoms with Gasteiger partial charge in [0.1, 0.15) is 4.92 Å². The highest BCUT2D eigenvalue weighted by Gasteiger charge is 2.19. The molecule has 0 spiro atoms. The molecule has 0 bridgehead atoms. The van der Waals surface area contributed by atoms with Gasteiger partial charge in [0.25, 0.3) is 0 Å². The number of nitro groups is 1. The molecule has 1 aromatic carbocycles. The van der Waals surface area contributed by atoms with Gasteiger partial charge in [0, 0.05) is 0 Å². The lowest BCUT2D eigenvalue weighted by atomic mass is 9.98. The Morgan fingerprint density at radius 3 is 2.50 bits per heavy atom. The second kappa shape index (κ2) is 4.50. The largest absolute Gasteiger partial charge is 0.445 e. The second-order valence-corrected chi connectivity index (χ2v) is 3.17. The van der Waals surface area contributed by atoms with Gasteiger partial charge in [-0.25, -0.2) is 4.79 Å². The maximum Gasteiger partial charge on any atom is 0.445 e. The molecule has 0 aliphatic heterocycles. The first kappa shape index (κ1) is 10.4. The van der Waals surface area contributed by atoms with E-state index < -0.39 is 10.8 Å². The van der Waals surface area contributed by atoms with Crippen LogP contribution in [0.3, 0.4) is 0 Å². The van der Waals surface area contributed by atoms with Gasteiger partial charge in [-0.1, -0.05) is 37.3 Å². The zero-order valence-electron chi connectivity index (χ0n) is 7.84. The maximum absolute atomic E-state index is 10.8. The predicted molar refractivity (Wildman–Crippen MR) is 51.5 cm³/mol. The molecule has 1 aromatic rings. The van der Waals surface area contributed by atoms with Crippen molar-refractivity contribution in [2.45, 2.75) is 19.3 Å². The molecule has 1 atom stereocenters. The summed E-state index contributed by atoms with van der Waals surface area (Å²) in [5.41, 5.74) is 0.947. The van der Waals surface area contributed by atoms with E-state index in [0.717, 1.165) is 5.56 Å². The van der Waals surface area contributed by atoms with Crippen LogP contribution in [0, 0.1) is 10.1 Å². The summed E-state index contributed by atoms with van der Waals surface area (Å²) in [4.78, 5) is 20.1. The van der Waals surface area contributed by atoms with Gasteiger partial charge in [0.15, 0.2) is 0 Å². The first-order valence-electron chi connectivity index (χ1n) is 4.33. The first-order chi connectivity index (χ1) is 6.61. The number of benzene rings is 1. The average molecular weight is 193 g/mol. The summed E-state index contributed by atoms with van der Waals surface area (Å²) in [7, 11) is 0. The third-order valence-electron chi connectivity index (χ3n) is 2.05. The van der Waals surface area contributed by atoms with E-state index in [0.29, 0.717) is 0 Å². The van der Waals surface area contributed by atoms with E-state index in [1.807, 2.05) is 30.3 Å². The van der Waals surface area contributed by atoms with E-state index in [4.69, 9.17) is 0 Å². The molecule has 74 valence electrons. The van der Waals surface area contributed by atoms with Crippen LogP contribution in [-0.2, 0) is 4.79 Å². The SMILES string of the molecule is CC(CC(=O)[N+](=O)[O-])c1ccccc1. The molecule has 0 saturated carbocycles. The summed E-state index contributed by atoms with van der Waals surface area (Å²) in [5, 5.41) is 10.1. The molecule has 0 heterocycles. The number of amides is 1. The highest BCUT2D eigenvalue weighted by atomic mass is 16.6. The van der Waals surface area contributed by atoms with Crippen LogP contribution in [0.15, 0.2) is 30.3 Å². The summed E-state index contributed by atoms with van der Waals surface area (Å²) < 4.78 is 0. The van der Waals surface area contributed by atoms with Gasteiger partial charge >= 0.3 is 5.91 Å². The van der Waals surface area contributed by atoms with Gasteiger partial charge in [-0.3, -0.25) is 10.1 Å². The van der Waals surface area contributed by atoms with Crippen molar-refractivity contribution in [3.8, 4) is 0 Å². The summed E-state index contributed by atoms with van der Waals surface area (Å²) in [6.45, 7) is 1.80.